The smallest absolute Gasteiger partial charge is 0.329 e. The van der Waals surface area contributed by atoms with Gasteiger partial charge < -0.3 is 20.0 Å². The summed E-state index contributed by atoms with van der Waals surface area (Å²) in [5, 5.41) is 4.81. The fraction of sp³-hybridized carbons (Fsp3) is 0.318. The third kappa shape index (κ3) is 4.76. The maximum Gasteiger partial charge on any atom is 0.329 e. The van der Waals surface area contributed by atoms with Gasteiger partial charge in [-0.05, 0) is 31.0 Å². The number of amides is 4. The first-order chi connectivity index (χ1) is 15.0. The molecule has 3 heterocycles. The molecule has 0 spiro atoms. The van der Waals surface area contributed by atoms with E-state index >= 15 is 0 Å². The Morgan fingerprint density at radius 1 is 1.10 bits per heavy atom. The van der Waals surface area contributed by atoms with Gasteiger partial charge in [0.25, 0.3) is 5.91 Å². The largest absolute Gasteiger partial charge is 0.441 e. The number of benzene rings is 1. The Kier molecular flexibility index (Phi) is 6.01. The lowest BCUT2D eigenvalue weighted by atomic mass is 10.2. The molecule has 2 saturated heterocycles. The number of imide groups is 1. The summed E-state index contributed by atoms with van der Waals surface area (Å²) in [4.78, 5) is 39.9. The molecule has 2 aliphatic rings. The number of halogens is 1. The number of para-hydroxylation sites is 1. The average molecular weight is 426 g/mol. The molecule has 2 fully saturated rings. The first-order valence-electron chi connectivity index (χ1n) is 10.2. The number of rotatable bonds is 5. The molecule has 0 atom stereocenters. The summed E-state index contributed by atoms with van der Waals surface area (Å²) in [6.07, 6.45) is 6.06. The van der Waals surface area contributed by atoms with Gasteiger partial charge in [-0.2, -0.15) is 0 Å². The van der Waals surface area contributed by atoms with Crippen LogP contribution in [0.5, 0.6) is 0 Å². The Morgan fingerprint density at radius 2 is 1.84 bits per heavy atom. The molecule has 1 aromatic heterocycles. The number of hydrogen-bond donors (Lipinski definition) is 2. The number of nitrogens with zero attached hydrogens (tertiary/aromatic N) is 2. The van der Waals surface area contributed by atoms with Gasteiger partial charge in [0.05, 0.1) is 5.69 Å². The zero-order chi connectivity index (χ0) is 21.8. The fourth-order valence-corrected chi connectivity index (χ4v) is 3.63. The number of hydrogen-bond acceptors (Lipinski definition) is 5. The van der Waals surface area contributed by atoms with Crippen LogP contribution in [0, 0.1) is 5.82 Å². The second kappa shape index (κ2) is 9.03. The SMILES string of the molecule is O=C(CN1C(=O)N/C(=C/c2ccc(N3CCCCCC3)o2)C1=O)Nc1ccccc1F. The molecule has 2 aromatic rings. The van der Waals surface area contributed by atoms with Crippen LogP contribution in [0.25, 0.3) is 6.08 Å². The van der Waals surface area contributed by atoms with E-state index in [4.69, 9.17) is 4.42 Å². The van der Waals surface area contributed by atoms with Crippen LogP contribution in [0.4, 0.5) is 20.8 Å². The van der Waals surface area contributed by atoms with E-state index < -0.39 is 30.2 Å². The molecular formula is C22H23FN4O4. The van der Waals surface area contributed by atoms with Crippen molar-refractivity contribution >= 4 is 35.5 Å². The number of carbonyl (C=O) groups is 3. The van der Waals surface area contributed by atoms with Crippen LogP contribution in [0.1, 0.15) is 31.4 Å². The normalized spacial score (nSPS) is 18.3. The summed E-state index contributed by atoms with van der Waals surface area (Å²) in [7, 11) is 0. The lowest BCUT2D eigenvalue weighted by Gasteiger charge is -2.18. The minimum Gasteiger partial charge on any atom is -0.441 e. The molecule has 0 aliphatic carbocycles. The minimum atomic E-state index is -0.723. The Balaban J connectivity index is 1.41. The van der Waals surface area contributed by atoms with E-state index in [9.17, 15) is 18.8 Å². The first-order valence-corrected chi connectivity index (χ1v) is 10.2. The van der Waals surface area contributed by atoms with Crippen molar-refractivity contribution in [3.8, 4) is 0 Å². The molecule has 2 aliphatic heterocycles. The van der Waals surface area contributed by atoms with Crippen molar-refractivity contribution in [2.75, 3.05) is 29.9 Å². The zero-order valence-corrected chi connectivity index (χ0v) is 16.9. The molecule has 0 radical (unpaired) electrons. The lowest BCUT2D eigenvalue weighted by Crippen LogP contribution is -2.38. The quantitative estimate of drug-likeness (QED) is 0.565. The number of furan rings is 1. The molecular weight excluding hydrogens is 403 g/mol. The molecule has 0 bridgehead atoms. The van der Waals surface area contributed by atoms with Crippen molar-refractivity contribution in [1.29, 1.82) is 0 Å². The van der Waals surface area contributed by atoms with Gasteiger partial charge in [-0.1, -0.05) is 25.0 Å². The van der Waals surface area contributed by atoms with E-state index in [2.05, 4.69) is 15.5 Å². The number of nitrogens with one attached hydrogen (secondary N) is 2. The molecule has 4 amide bonds. The van der Waals surface area contributed by atoms with Crippen molar-refractivity contribution in [1.82, 2.24) is 10.2 Å². The molecule has 2 N–H and O–H groups in total. The molecule has 8 nitrogen and oxygen atoms in total. The molecule has 162 valence electrons. The van der Waals surface area contributed by atoms with Crippen LogP contribution in [-0.2, 0) is 9.59 Å². The average Bonchev–Trinajstić information content (AvgIpc) is 3.18. The Labute approximate surface area is 178 Å². The lowest BCUT2D eigenvalue weighted by molar-refractivity contribution is -0.127. The zero-order valence-electron chi connectivity index (χ0n) is 16.9. The van der Waals surface area contributed by atoms with Gasteiger partial charge >= 0.3 is 6.03 Å². The van der Waals surface area contributed by atoms with Crippen LogP contribution >= 0.6 is 0 Å². The predicted octanol–water partition coefficient (Wildman–Crippen LogP) is 3.33. The van der Waals surface area contributed by atoms with Gasteiger partial charge in [-0.3, -0.25) is 9.59 Å². The van der Waals surface area contributed by atoms with Crippen molar-refractivity contribution in [2.24, 2.45) is 0 Å². The molecule has 31 heavy (non-hydrogen) atoms. The topological polar surface area (TPSA) is 94.9 Å². The summed E-state index contributed by atoms with van der Waals surface area (Å²) in [5.74, 6) is -0.781. The van der Waals surface area contributed by atoms with Gasteiger partial charge in [0, 0.05) is 25.2 Å². The van der Waals surface area contributed by atoms with Crippen molar-refractivity contribution < 1.29 is 23.2 Å². The van der Waals surface area contributed by atoms with E-state index in [-0.39, 0.29) is 11.4 Å². The standard InChI is InChI=1S/C22H23FN4O4/c23-16-7-3-4-8-17(16)24-19(28)14-27-21(29)18(25-22(27)30)13-15-9-10-20(31-15)26-11-5-1-2-6-12-26/h3-4,7-10,13H,1-2,5-6,11-12,14H2,(H,24,28)(H,25,30)/b18-13+. The van der Waals surface area contributed by atoms with Gasteiger partial charge in [-0.15, -0.1) is 0 Å². The van der Waals surface area contributed by atoms with Crippen LogP contribution in [0.2, 0.25) is 0 Å². The molecule has 0 saturated carbocycles. The Morgan fingerprint density at radius 3 is 2.58 bits per heavy atom. The summed E-state index contributed by atoms with van der Waals surface area (Å²) in [6, 6.07) is 8.51. The van der Waals surface area contributed by atoms with Crippen LogP contribution < -0.4 is 15.5 Å². The molecule has 4 rings (SSSR count). The van der Waals surface area contributed by atoms with E-state index in [0.717, 1.165) is 36.7 Å². The fourth-order valence-electron chi connectivity index (χ4n) is 3.63. The van der Waals surface area contributed by atoms with Crippen molar-refractivity contribution in [3.05, 3.63) is 53.7 Å². The van der Waals surface area contributed by atoms with Gasteiger partial charge in [0.1, 0.15) is 23.8 Å². The molecule has 1 aromatic carbocycles. The molecule has 9 heteroatoms. The predicted molar refractivity (Wildman–Crippen MR) is 113 cm³/mol. The monoisotopic (exact) mass is 426 g/mol. The third-order valence-electron chi connectivity index (χ3n) is 5.23. The van der Waals surface area contributed by atoms with Crippen molar-refractivity contribution in [3.63, 3.8) is 0 Å². The Bertz CT molecular complexity index is 1020. The number of urea groups is 1. The third-order valence-corrected chi connectivity index (χ3v) is 5.23. The van der Waals surface area contributed by atoms with Gasteiger partial charge in [0.15, 0.2) is 5.88 Å². The van der Waals surface area contributed by atoms with Crippen molar-refractivity contribution in [2.45, 2.75) is 25.7 Å². The maximum atomic E-state index is 13.7. The van der Waals surface area contributed by atoms with Crippen LogP contribution in [0.3, 0.4) is 0 Å². The summed E-state index contributed by atoms with van der Waals surface area (Å²) in [5.41, 5.74) is -0.00703. The summed E-state index contributed by atoms with van der Waals surface area (Å²) in [6.45, 7) is 1.31. The van der Waals surface area contributed by atoms with E-state index in [1.54, 1.807) is 12.1 Å². The highest BCUT2D eigenvalue weighted by molar-refractivity contribution is 6.15. The van der Waals surface area contributed by atoms with Crippen LogP contribution in [0.15, 0.2) is 46.5 Å². The summed E-state index contributed by atoms with van der Waals surface area (Å²) >= 11 is 0. The highest BCUT2D eigenvalue weighted by Crippen LogP contribution is 2.24. The van der Waals surface area contributed by atoms with E-state index in [1.165, 1.54) is 37.1 Å². The first kappa shape index (κ1) is 20.6. The highest BCUT2D eigenvalue weighted by Gasteiger charge is 2.35. The number of carbonyl (C=O) groups excluding carboxylic acids is 3. The van der Waals surface area contributed by atoms with E-state index in [1.807, 2.05) is 6.07 Å². The number of anilines is 2. The second-order valence-corrected chi connectivity index (χ2v) is 7.48. The van der Waals surface area contributed by atoms with Crippen LogP contribution in [-0.4, -0.2) is 42.4 Å². The molecule has 0 unspecified atom stereocenters. The Hall–Kier alpha value is -3.62. The minimum absolute atomic E-state index is 0.0143. The maximum absolute atomic E-state index is 13.7. The second-order valence-electron chi connectivity index (χ2n) is 7.48. The van der Waals surface area contributed by atoms with Gasteiger partial charge in [0.2, 0.25) is 5.91 Å². The summed E-state index contributed by atoms with van der Waals surface area (Å²) < 4.78 is 19.5. The highest BCUT2D eigenvalue weighted by atomic mass is 19.1. The van der Waals surface area contributed by atoms with E-state index in [0.29, 0.717) is 5.76 Å². The van der Waals surface area contributed by atoms with Gasteiger partial charge in [-0.25, -0.2) is 14.1 Å².